The molecule has 1 N–H and O–H groups in total. The number of carbonyl (C=O) groups is 3. The van der Waals surface area contributed by atoms with E-state index in [0.717, 1.165) is 4.90 Å². The fraction of sp³-hybridized carbons (Fsp3) is 0.0556. The van der Waals surface area contributed by atoms with Gasteiger partial charge in [0, 0.05) is 0 Å². The molecule has 1 heterocycles. The van der Waals surface area contributed by atoms with Gasteiger partial charge < -0.3 is 4.74 Å². The predicted octanol–water partition coefficient (Wildman–Crippen LogP) is 2.50. The molecule has 0 aliphatic carbocycles. The largest absolute Gasteiger partial charge is 0.497 e. The van der Waals surface area contributed by atoms with Crippen LogP contribution in [0.15, 0.2) is 54.1 Å². The molecule has 25 heavy (non-hydrogen) atoms. The molecule has 1 aliphatic heterocycles. The number of nitrogens with one attached hydrogen (secondary N) is 1. The molecule has 0 atom stereocenters. The van der Waals surface area contributed by atoms with Gasteiger partial charge in [-0.2, -0.15) is 0 Å². The summed E-state index contributed by atoms with van der Waals surface area (Å²) in [6.07, 6.45) is 1.31. The topological polar surface area (TPSA) is 75.7 Å². The number of nitrogens with zero attached hydrogens (tertiary/aromatic N) is 1. The van der Waals surface area contributed by atoms with Gasteiger partial charge in [-0.05, 0) is 48.0 Å². The molecule has 7 heteroatoms. The van der Waals surface area contributed by atoms with Crippen molar-refractivity contribution in [1.82, 2.24) is 5.32 Å². The predicted molar refractivity (Wildman–Crippen MR) is 88.4 cm³/mol. The summed E-state index contributed by atoms with van der Waals surface area (Å²) in [5.41, 5.74) is 0.534. The lowest BCUT2D eigenvalue weighted by molar-refractivity contribution is -0.122. The standard InChI is InChI=1S/C18H13FN2O4/c1-25-14-8-6-13(7-9-14)21-17(23)15(16(22)20-18(21)24)10-11-2-4-12(19)5-3-11/h2-10H,1H3,(H,20,22,24)/b15-10-. The zero-order chi connectivity index (χ0) is 18.0. The summed E-state index contributed by atoms with van der Waals surface area (Å²) in [5, 5.41) is 2.12. The summed E-state index contributed by atoms with van der Waals surface area (Å²) in [5.74, 6) is -1.43. The summed E-state index contributed by atoms with van der Waals surface area (Å²) in [7, 11) is 1.50. The van der Waals surface area contributed by atoms with Crippen LogP contribution in [0.25, 0.3) is 6.08 Å². The number of hydrogen-bond donors (Lipinski definition) is 1. The number of imide groups is 2. The average Bonchev–Trinajstić information content (AvgIpc) is 2.60. The lowest BCUT2D eigenvalue weighted by Gasteiger charge is -2.26. The third-order valence-corrected chi connectivity index (χ3v) is 3.61. The molecular formula is C18H13FN2O4. The van der Waals surface area contributed by atoms with Crippen LogP contribution in [0.1, 0.15) is 5.56 Å². The van der Waals surface area contributed by atoms with E-state index in [-0.39, 0.29) is 5.57 Å². The fourth-order valence-electron chi connectivity index (χ4n) is 2.35. The van der Waals surface area contributed by atoms with E-state index < -0.39 is 23.7 Å². The van der Waals surface area contributed by atoms with E-state index in [4.69, 9.17) is 4.74 Å². The lowest BCUT2D eigenvalue weighted by Crippen LogP contribution is -2.54. The molecule has 1 fully saturated rings. The molecule has 3 rings (SSSR count). The molecule has 126 valence electrons. The minimum absolute atomic E-state index is 0.220. The van der Waals surface area contributed by atoms with Crippen LogP contribution in [0.5, 0.6) is 5.75 Å². The van der Waals surface area contributed by atoms with Gasteiger partial charge in [-0.3, -0.25) is 14.9 Å². The molecular weight excluding hydrogens is 327 g/mol. The Morgan fingerprint density at radius 2 is 1.64 bits per heavy atom. The van der Waals surface area contributed by atoms with Gasteiger partial charge in [-0.1, -0.05) is 12.1 Å². The number of carbonyl (C=O) groups excluding carboxylic acids is 3. The van der Waals surface area contributed by atoms with E-state index in [9.17, 15) is 18.8 Å². The summed E-state index contributed by atoms with van der Waals surface area (Å²) in [4.78, 5) is 37.6. The fourth-order valence-corrected chi connectivity index (χ4v) is 2.35. The number of rotatable bonds is 3. The second-order valence-electron chi connectivity index (χ2n) is 5.21. The molecule has 0 saturated carbocycles. The van der Waals surface area contributed by atoms with Crippen molar-refractivity contribution >= 4 is 29.6 Å². The molecule has 0 bridgehead atoms. The highest BCUT2D eigenvalue weighted by Crippen LogP contribution is 2.24. The SMILES string of the molecule is COc1ccc(N2C(=O)NC(=O)/C(=C/c3ccc(F)cc3)C2=O)cc1. The quantitative estimate of drug-likeness (QED) is 0.688. The maximum Gasteiger partial charge on any atom is 0.335 e. The van der Waals surface area contributed by atoms with Crippen molar-refractivity contribution in [3.63, 3.8) is 0 Å². The number of ether oxygens (including phenoxy) is 1. The van der Waals surface area contributed by atoms with Crippen molar-refractivity contribution in [3.8, 4) is 5.75 Å². The van der Waals surface area contributed by atoms with Crippen LogP contribution < -0.4 is 15.0 Å². The van der Waals surface area contributed by atoms with Crippen LogP contribution in [0, 0.1) is 5.82 Å². The normalized spacial score (nSPS) is 16.2. The monoisotopic (exact) mass is 340 g/mol. The molecule has 4 amide bonds. The first-order valence-electron chi connectivity index (χ1n) is 7.30. The number of hydrogen-bond acceptors (Lipinski definition) is 4. The van der Waals surface area contributed by atoms with E-state index in [1.165, 1.54) is 49.6 Å². The Hall–Kier alpha value is -3.48. The van der Waals surface area contributed by atoms with Gasteiger partial charge in [0.05, 0.1) is 12.8 Å². The van der Waals surface area contributed by atoms with Crippen molar-refractivity contribution in [2.45, 2.75) is 0 Å². The van der Waals surface area contributed by atoms with Gasteiger partial charge in [0.15, 0.2) is 0 Å². The molecule has 0 spiro atoms. The Kier molecular flexibility index (Phi) is 4.30. The number of urea groups is 1. The van der Waals surface area contributed by atoms with Crippen molar-refractivity contribution in [1.29, 1.82) is 0 Å². The van der Waals surface area contributed by atoms with Crippen molar-refractivity contribution in [2.75, 3.05) is 12.0 Å². The van der Waals surface area contributed by atoms with Crippen LogP contribution in [0.4, 0.5) is 14.9 Å². The third kappa shape index (κ3) is 3.25. The number of anilines is 1. The Morgan fingerprint density at radius 3 is 2.24 bits per heavy atom. The molecule has 1 aliphatic rings. The summed E-state index contributed by atoms with van der Waals surface area (Å²) < 4.78 is 18.0. The molecule has 2 aromatic rings. The van der Waals surface area contributed by atoms with Gasteiger partial charge in [-0.25, -0.2) is 14.1 Å². The second kappa shape index (κ2) is 6.56. The molecule has 6 nitrogen and oxygen atoms in total. The number of benzene rings is 2. The minimum atomic E-state index is -0.837. The van der Waals surface area contributed by atoms with Gasteiger partial charge in [-0.15, -0.1) is 0 Å². The van der Waals surface area contributed by atoms with Crippen LogP contribution >= 0.6 is 0 Å². The van der Waals surface area contributed by atoms with Crippen LogP contribution in [-0.2, 0) is 9.59 Å². The first kappa shape index (κ1) is 16.4. The lowest BCUT2D eigenvalue weighted by atomic mass is 10.1. The molecule has 2 aromatic carbocycles. The maximum atomic E-state index is 13.0. The zero-order valence-electron chi connectivity index (χ0n) is 13.2. The number of amides is 4. The molecule has 0 unspecified atom stereocenters. The van der Waals surface area contributed by atoms with Gasteiger partial charge in [0.2, 0.25) is 0 Å². The number of halogens is 1. The van der Waals surface area contributed by atoms with E-state index >= 15 is 0 Å². The Balaban J connectivity index is 1.97. The van der Waals surface area contributed by atoms with Crippen molar-refractivity contribution < 1.29 is 23.5 Å². The van der Waals surface area contributed by atoms with Crippen LogP contribution in [-0.4, -0.2) is 25.0 Å². The highest BCUT2D eigenvalue weighted by atomic mass is 19.1. The van der Waals surface area contributed by atoms with E-state index in [0.29, 0.717) is 17.0 Å². The zero-order valence-corrected chi connectivity index (χ0v) is 13.2. The summed E-state index contributed by atoms with van der Waals surface area (Å²) >= 11 is 0. The van der Waals surface area contributed by atoms with Gasteiger partial charge >= 0.3 is 6.03 Å². The van der Waals surface area contributed by atoms with Crippen molar-refractivity contribution in [2.24, 2.45) is 0 Å². The van der Waals surface area contributed by atoms with Crippen molar-refractivity contribution in [3.05, 3.63) is 65.5 Å². The van der Waals surface area contributed by atoms with E-state index in [1.807, 2.05) is 0 Å². The minimum Gasteiger partial charge on any atom is -0.497 e. The summed E-state index contributed by atoms with van der Waals surface area (Å²) in [6.45, 7) is 0. The first-order chi connectivity index (χ1) is 12.0. The van der Waals surface area contributed by atoms with E-state index in [2.05, 4.69) is 5.32 Å². The molecule has 0 aromatic heterocycles. The van der Waals surface area contributed by atoms with E-state index in [1.54, 1.807) is 12.1 Å². The molecule has 1 saturated heterocycles. The Bertz CT molecular complexity index is 873. The highest BCUT2D eigenvalue weighted by molar-refractivity contribution is 6.39. The van der Waals surface area contributed by atoms with Gasteiger partial charge in [0.1, 0.15) is 17.1 Å². The third-order valence-electron chi connectivity index (χ3n) is 3.61. The molecule has 0 radical (unpaired) electrons. The van der Waals surface area contributed by atoms with Crippen LogP contribution in [0.3, 0.4) is 0 Å². The number of methoxy groups -OCH3 is 1. The average molecular weight is 340 g/mol. The first-order valence-corrected chi connectivity index (χ1v) is 7.30. The van der Waals surface area contributed by atoms with Crippen LogP contribution in [0.2, 0.25) is 0 Å². The Labute approximate surface area is 142 Å². The Morgan fingerprint density at radius 1 is 1.00 bits per heavy atom. The second-order valence-corrected chi connectivity index (χ2v) is 5.21. The van der Waals surface area contributed by atoms with Gasteiger partial charge in [0.25, 0.3) is 11.8 Å². The number of barbiturate groups is 1. The highest BCUT2D eigenvalue weighted by Gasteiger charge is 2.36. The smallest absolute Gasteiger partial charge is 0.335 e. The summed E-state index contributed by atoms with van der Waals surface area (Å²) in [6, 6.07) is 10.7. The maximum absolute atomic E-state index is 13.0.